The Balaban J connectivity index is 1.46. The molecular weight excluding hydrogens is 532 g/mol. The third-order valence-electron chi connectivity index (χ3n) is 7.71. The molecule has 0 radical (unpaired) electrons. The molecule has 1 aliphatic rings. The summed E-state index contributed by atoms with van der Waals surface area (Å²) < 4.78 is 29.5. The van der Waals surface area contributed by atoms with Crippen LogP contribution in [0.1, 0.15) is 71.8 Å². The molecule has 1 N–H and O–H groups in total. The van der Waals surface area contributed by atoms with Crippen molar-refractivity contribution in [2.45, 2.75) is 69.9 Å². The minimum absolute atomic E-state index is 0.0190. The molecule has 1 amide bonds. The van der Waals surface area contributed by atoms with Crippen LogP contribution in [0.2, 0.25) is 0 Å². The maximum Gasteiger partial charge on any atom is 0.241 e. The van der Waals surface area contributed by atoms with Crippen LogP contribution >= 0.6 is 0 Å². The first kappa shape index (κ1) is 28.6. The van der Waals surface area contributed by atoms with Crippen molar-refractivity contribution in [1.82, 2.24) is 14.7 Å². The van der Waals surface area contributed by atoms with Gasteiger partial charge in [-0.3, -0.25) is 4.79 Å². The fourth-order valence-electron chi connectivity index (χ4n) is 5.33. The number of aromatic nitrogens is 2. The number of anilines is 1. The van der Waals surface area contributed by atoms with Crippen molar-refractivity contribution in [2.75, 3.05) is 4.90 Å². The molecule has 0 bridgehead atoms. The molecule has 1 aromatic heterocycles. The lowest BCUT2D eigenvalue weighted by Gasteiger charge is -2.30. The fourth-order valence-corrected chi connectivity index (χ4v) is 6.58. The molecule has 0 aliphatic heterocycles. The van der Waals surface area contributed by atoms with Gasteiger partial charge in [-0.25, -0.2) is 23.1 Å². The molecule has 1 heterocycles. The van der Waals surface area contributed by atoms with E-state index in [1.165, 1.54) is 0 Å². The Bertz CT molecular complexity index is 1610. The maximum atomic E-state index is 13.9. The van der Waals surface area contributed by atoms with Gasteiger partial charge in [0.05, 0.1) is 11.4 Å². The summed E-state index contributed by atoms with van der Waals surface area (Å²) in [4.78, 5) is 24.5. The van der Waals surface area contributed by atoms with E-state index in [-0.39, 0.29) is 22.8 Å². The highest BCUT2D eigenvalue weighted by Gasteiger charge is 2.28. The Hall–Kier alpha value is -3.88. The second-order valence-electron chi connectivity index (χ2n) is 10.9. The summed E-state index contributed by atoms with van der Waals surface area (Å²) in [6.45, 7) is 6.14. The smallest absolute Gasteiger partial charge is 0.241 e. The minimum atomic E-state index is -3.72. The average molecular weight is 569 g/mol. The topological polar surface area (TPSA) is 92.3 Å². The molecule has 0 saturated carbocycles. The minimum Gasteiger partial charge on any atom is -0.308 e. The third-order valence-corrected chi connectivity index (χ3v) is 9.20. The van der Waals surface area contributed by atoms with Gasteiger partial charge in [-0.1, -0.05) is 61.0 Å². The number of benzene rings is 3. The maximum absolute atomic E-state index is 13.9. The highest BCUT2D eigenvalue weighted by molar-refractivity contribution is 7.89. The average Bonchev–Trinajstić information content (AvgIpc) is 2.97. The van der Waals surface area contributed by atoms with Crippen LogP contribution in [-0.2, 0) is 27.8 Å². The van der Waals surface area contributed by atoms with Crippen molar-refractivity contribution in [1.29, 1.82) is 0 Å². The second kappa shape index (κ2) is 12.3. The van der Waals surface area contributed by atoms with Gasteiger partial charge in [-0.05, 0) is 80.0 Å². The molecule has 0 saturated heterocycles. The van der Waals surface area contributed by atoms with Crippen LogP contribution in [0.4, 0.5) is 5.69 Å². The zero-order valence-electron chi connectivity index (χ0n) is 23.7. The zero-order valence-corrected chi connectivity index (χ0v) is 24.6. The lowest BCUT2D eigenvalue weighted by atomic mass is 9.87. The molecule has 1 aliphatic carbocycles. The number of carbonyl (C=O) groups excluding carboxylic acids is 1. The van der Waals surface area contributed by atoms with Gasteiger partial charge in [0.2, 0.25) is 15.9 Å². The Morgan fingerprint density at radius 1 is 1.00 bits per heavy atom. The number of fused-ring (bicyclic) bond motifs is 1. The fraction of sp³-hybridized carbons (Fsp3) is 0.303. The van der Waals surface area contributed by atoms with Crippen molar-refractivity contribution in [3.8, 4) is 0 Å². The van der Waals surface area contributed by atoms with Crippen LogP contribution in [-0.4, -0.2) is 24.3 Å². The van der Waals surface area contributed by atoms with Gasteiger partial charge in [0.1, 0.15) is 5.82 Å². The Morgan fingerprint density at radius 2 is 1.71 bits per heavy atom. The first-order valence-electron chi connectivity index (χ1n) is 14.0. The van der Waals surface area contributed by atoms with Gasteiger partial charge in [0.25, 0.3) is 0 Å². The van der Waals surface area contributed by atoms with E-state index in [1.54, 1.807) is 41.6 Å². The highest BCUT2D eigenvalue weighted by Crippen LogP contribution is 2.35. The summed E-state index contributed by atoms with van der Waals surface area (Å²) in [7, 11) is -3.72. The number of aryl methyl sites for hydroxylation is 3. The van der Waals surface area contributed by atoms with Gasteiger partial charge in [0, 0.05) is 36.1 Å². The number of nitrogens with one attached hydrogen (secondary N) is 1. The van der Waals surface area contributed by atoms with Crippen molar-refractivity contribution in [2.24, 2.45) is 0 Å². The van der Waals surface area contributed by atoms with Crippen molar-refractivity contribution < 1.29 is 13.2 Å². The SMILES string of the molecule is Cc1ccc(S(=O)(=O)N[C@H]2CCCc3ccc(N(Cc4cnc(C)nc4)C(=O)C[C@H](C)c4ccccc4)cc32)cc1. The first-order valence-corrected chi connectivity index (χ1v) is 15.5. The number of hydrogen-bond acceptors (Lipinski definition) is 5. The summed E-state index contributed by atoms with van der Waals surface area (Å²) in [5, 5.41) is 0. The standard InChI is InChI=1S/C33H36N4O3S/c1-23-12-16-30(17-13-23)41(39,40)36-32-11-7-10-28-14-15-29(19-31(28)32)37(22-26-20-34-25(3)35-21-26)33(38)18-24(2)27-8-5-4-6-9-27/h4-6,8-9,12-17,19-21,24,32,36H,7,10-11,18,22H2,1-3H3/t24-,32-/m0/s1. The van der Waals surface area contributed by atoms with E-state index < -0.39 is 10.0 Å². The number of hydrogen-bond donors (Lipinski definition) is 1. The van der Waals surface area contributed by atoms with Crippen molar-refractivity contribution >= 4 is 21.6 Å². The normalized spacial score (nSPS) is 15.6. The van der Waals surface area contributed by atoms with Crippen molar-refractivity contribution in [3.63, 3.8) is 0 Å². The van der Waals surface area contributed by atoms with Crippen LogP contribution < -0.4 is 9.62 Å². The van der Waals surface area contributed by atoms with E-state index in [9.17, 15) is 13.2 Å². The number of amides is 1. The van der Waals surface area contributed by atoms with Crippen LogP contribution in [0.25, 0.3) is 0 Å². The van der Waals surface area contributed by atoms with E-state index in [4.69, 9.17) is 0 Å². The predicted molar refractivity (Wildman–Crippen MR) is 161 cm³/mol. The van der Waals surface area contributed by atoms with Crippen LogP contribution in [0.15, 0.2) is 90.1 Å². The third kappa shape index (κ3) is 6.89. The lowest BCUT2D eigenvalue weighted by Crippen LogP contribution is -2.33. The number of nitrogens with zero attached hydrogens (tertiary/aromatic N) is 3. The Labute approximate surface area is 242 Å². The quantitative estimate of drug-likeness (QED) is 0.260. The largest absolute Gasteiger partial charge is 0.308 e. The van der Waals surface area contributed by atoms with Gasteiger partial charge in [0.15, 0.2) is 0 Å². The lowest BCUT2D eigenvalue weighted by molar-refractivity contribution is -0.119. The summed E-state index contributed by atoms with van der Waals surface area (Å²) in [5.41, 5.74) is 5.68. The van der Waals surface area contributed by atoms with E-state index in [0.717, 1.165) is 46.3 Å². The molecular formula is C33H36N4O3S. The Morgan fingerprint density at radius 3 is 2.41 bits per heavy atom. The molecule has 0 spiro atoms. The summed E-state index contributed by atoms with van der Waals surface area (Å²) >= 11 is 0. The molecule has 0 unspecified atom stereocenters. The highest BCUT2D eigenvalue weighted by atomic mass is 32.2. The molecule has 3 aromatic carbocycles. The molecule has 4 aromatic rings. The van der Waals surface area contributed by atoms with Gasteiger partial charge >= 0.3 is 0 Å². The number of carbonyl (C=O) groups is 1. The van der Waals surface area contributed by atoms with E-state index in [0.29, 0.717) is 25.2 Å². The molecule has 41 heavy (non-hydrogen) atoms. The number of rotatable bonds is 9. The number of sulfonamides is 1. The van der Waals surface area contributed by atoms with Crippen molar-refractivity contribution in [3.05, 3.63) is 119 Å². The zero-order chi connectivity index (χ0) is 29.0. The van der Waals surface area contributed by atoms with Crippen LogP contribution in [0.3, 0.4) is 0 Å². The van der Waals surface area contributed by atoms with Gasteiger partial charge in [-0.15, -0.1) is 0 Å². The Kier molecular flexibility index (Phi) is 8.61. The molecule has 5 rings (SSSR count). The van der Waals surface area contributed by atoms with Gasteiger partial charge < -0.3 is 4.90 Å². The molecule has 8 heteroatoms. The molecule has 7 nitrogen and oxygen atoms in total. The van der Waals surface area contributed by atoms with Crippen LogP contribution in [0.5, 0.6) is 0 Å². The summed E-state index contributed by atoms with van der Waals surface area (Å²) in [6.07, 6.45) is 6.26. The molecule has 2 atom stereocenters. The van der Waals surface area contributed by atoms with E-state index in [2.05, 4.69) is 21.6 Å². The van der Waals surface area contributed by atoms with E-state index >= 15 is 0 Å². The molecule has 0 fully saturated rings. The van der Waals surface area contributed by atoms with E-state index in [1.807, 2.05) is 62.4 Å². The van der Waals surface area contributed by atoms with Crippen LogP contribution in [0, 0.1) is 13.8 Å². The monoisotopic (exact) mass is 568 g/mol. The summed E-state index contributed by atoms with van der Waals surface area (Å²) in [6, 6.07) is 22.5. The van der Waals surface area contributed by atoms with Gasteiger partial charge in [-0.2, -0.15) is 0 Å². The summed E-state index contributed by atoms with van der Waals surface area (Å²) in [5.74, 6) is 0.684. The predicted octanol–water partition coefficient (Wildman–Crippen LogP) is 6.18. The molecule has 212 valence electrons. The second-order valence-corrected chi connectivity index (χ2v) is 12.6. The first-order chi connectivity index (χ1) is 19.7.